The van der Waals surface area contributed by atoms with Gasteiger partial charge in [0.25, 0.3) is 5.91 Å². The number of nitrogens with zero attached hydrogens (tertiary/aromatic N) is 2. The van der Waals surface area contributed by atoms with E-state index in [1.165, 1.54) is 25.6 Å². The number of thiophene rings is 1. The maximum atomic E-state index is 14.3. The fraction of sp³-hybridized carbons (Fsp3) is 0.444. The number of aromatic nitrogens is 2. The molecule has 2 aliphatic rings. The van der Waals surface area contributed by atoms with Crippen molar-refractivity contribution in [1.82, 2.24) is 9.78 Å². The predicted octanol–water partition coefficient (Wildman–Crippen LogP) is 6.58. The summed E-state index contributed by atoms with van der Waals surface area (Å²) in [5.41, 5.74) is 1.23. The molecule has 2 atom stereocenters. The number of rotatable bonds is 7. The van der Waals surface area contributed by atoms with Crippen LogP contribution in [0.2, 0.25) is 5.02 Å². The predicted molar refractivity (Wildman–Crippen MR) is 148 cm³/mol. The summed E-state index contributed by atoms with van der Waals surface area (Å²) in [5.74, 6) is -0.739. The van der Waals surface area contributed by atoms with E-state index in [0.29, 0.717) is 28.2 Å². The number of fused-ring (bicyclic) bond motifs is 2. The molecule has 0 spiro atoms. The number of benzene rings is 1. The average Bonchev–Trinajstić information content (AvgIpc) is 3.48. The highest BCUT2D eigenvalue weighted by Gasteiger charge is 2.48. The zero-order chi connectivity index (χ0) is 29.5. The maximum absolute atomic E-state index is 14.3. The molecule has 1 aliphatic heterocycles. The Morgan fingerprint density at radius 3 is 2.61 bits per heavy atom. The Balaban J connectivity index is 1.50. The van der Waals surface area contributed by atoms with Crippen molar-refractivity contribution < 1.29 is 37.0 Å². The van der Waals surface area contributed by atoms with E-state index in [-0.39, 0.29) is 28.0 Å². The second-order valence-electron chi connectivity index (χ2n) is 9.65. The Kier molecular flexibility index (Phi) is 8.11. The maximum Gasteiger partial charge on any atom is 0.410 e. The number of aryl methyl sites for hydroxylation is 1. The molecule has 220 valence electrons. The standard InChI is InChI=1S/C27H28ClF3N4O5S/c1-4-40-26(37)20-14-7-5-6-8-18(14)41-25(20)33-24(36)22-21(28)23-32-15(12-19(27(29,30)31)35(23)34-22)13-9-10-16(38-2)17(11-13)39-3/h9-11,15,19,32H,4-8,12H2,1-3H3,(H,33,36)/t15-,19-/m0/s1. The largest absolute Gasteiger partial charge is 0.493 e. The number of anilines is 2. The Morgan fingerprint density at radius 1 is 1.20 bits per heavy atom. The van der Waals surface area contributed by atoms with Crippen molar-refractivity contribution >= 4 is 45.6 Å². The van der Waals surface area contributed by atoms with Gasteiger partial charge in [-0.25, -0.2) is 9.48 Å². The lowest BCUT2D eigenvalue weighted by atomic mass is 9.95. The third-order valence-electron chi connectivity index (χ3n) is 7.20. The molecule has 14 heteroatoms. The summed E-state index contributed by atoms with van der Waals surface area (Å²) in [6.07, 6.45) is -1.81. The van der Waals surface area contributed by atoms with Crippen molar-refractivity contribution in [2.24, 2.45) is 0 Å². The second kappa shape index (κ2) is 11.4. The summed E-state index contributed by atoms with van der Waals surface area (Å²) in [6.45, 7) is 1.84. The fourth-order valence-corrected chi connectivity index (χ4v) is 6.80. The number of carbonyl (C=O) groups is 2. The summed E-state index contributed by atoms with van der Waals surface area (Å²) >= 11 is 7.78. The molecule has 5 rings (SSSR count). The van der Waals surface area contributed by atoms with E-state index in [1.807, 2.05) is 0 Å². The van der Waals surface area contributed by atoms with Crippen LogP contribution in [0.25, 0.3) is 0 Å². The van der Waals surface area contributed by atoms with E-state index in [4.69, 9.17) is 25.8 Å². The van der Waals surface area contributed by atoms with Crippen molar-refractivity contribution in [1.29, 1.82) is 0 Å². The molecule has 0 unspecified atom stereocenters. The number of halogens is 4. The number of hydrogen-bond donors (Lipinski definition) is 2. The van der Waals surface area contributed by atoms with Gasteiger partial charge in [0.1, 0.15) is 15.8 Å². The molecule has 2 aromatic heterocycles. The minimum Gasteiger partial charge on any atom is -0.493 e. The first kappa shape index (κ1) is 29.1. The highest BCUT2D eigenvalue weighted by molar-refractivity contribution is 7.17. The molecular formula is C27H28ClF3N4O5S. The monoisotopic (exact) mass is 612 g/mol. The van der Waals surface area contributed by atoms with Gasteiger partial charge in [0.05, 0.1) is 32.4 Å². The highest BCUT2D eigenvalue weighted by Crippen LogP contribution is 2.47. The van der Waals surface area contributed by atoms with Crippen LogP contribution in [0.4, 0.5) is 24.0 Å². The number of nitrogens with one attached hydrogen (secondary N) is 2. The average molecular weight is 613 g/mol. The lowest BCUT2D eigenvalue weighted by molar-refractivity contribution is -0.173. The molecule has 41 heavy (non-hydrogen) atoms. The van der Waals surface area contributed by atoms with Crippen LogP contribution in [0.1, 0.15) is 75.1 Å². The fourth-order valence-electron chi connectivity index (χ4n) is 5.26. The van der Waals surface area contributed by atoms with Crippen LogP contribution in [-0.4, -0.2) is 48.7 Å². The van der Waals surface area contributed by atoms with Gasteiger partial charge in [0.2, 0.25) is 0 Å². The van der Waals surface area contributed by atoms with Crippen LogP contribution in [-0.2, 0) is 17.6 Å². The molecule has 0 fully saturated rings. The zero-order valence-corrected chi connectivity index (χ0v) is 24.1. The van der Waals surface area contributed by atoms with Crippen molar-refractivity contribution in [2.45, 2.75) is 57.3 Å². The van der Waals surface area contributed by atoms with Crippen LogP contribution in [0.3, 0.4) is 0 Å². The number of ether oxygens (including phenoxy) is 3. The number of esters is 1. The van der Waals surface area contributed by atoms with Crippen LogP contribution in [0.5, 0.6) is 11.5 Å². The Bertz CT molecular complexity index is 1490. The molecule has 9 nitrogen and oxygen atoms in total. The van der Waals surface area contributed by atoms with Gasteiger partial charge in [-0.2, -0.15) is 18.3 Å². The van der Waals surface area contributed by atoms with Crippen molar-refractivity contribution in [2.75, 3.05) is 31.5 Å². The summed E-state index contributed by atoms with van der Waals surface area (Å²) < 4.78 is 59.3. The van der Waals surface area contributed by atoms with Crippen LogP contribution in [0.15, 0.2) is 18.2 Å². The topological polar surface area (TPSA) is 104 Å². The number of carbonyl (C=O) groups excluding carboxylic acids is 2. The molecule has 3 aromatic rings. The van der Waals surface area contributed by atoms with E-state index in [2.05, 4.69) is 15.7 Å². The van der Waals surface area contributed by atoms with Gasteiger partial charge in [-0.3, -0.25) is 4.79 Å². The van der Waals surface area contributed by atoms with Gasteiger partial charge < -0.3 is 24.8 Å². The van der Waals surface area contributed by atoms with Gasteiger partial charge in [0, 0.05) is 11.3 Å². The minimum atomic E-state index is -4.68. The molecular weight excluding hydrogens is 585 g/mol. The summed E-state index contributed by atoms with van der Waals surface area (Å²) in [6, 6.07) is 1.95. The Hall–Kier alpha value is -3.45. The van der Waals surface area contributed by atoms with Gasteiger partial charge in [-0.1, -0.05) is 17.7 Å². The molecule has 1 aromatic carbocycles. The van der Waals surface area contributed by atoms with Crippen LogP contribution >= 0.6 is 22.9 Å². The second-order valence-corrected chi connectivity index (χ2v) is 11.1. The van der Waals surface area contributed by atoms with E-state index >= 15 is 0 Å². The number of amides is 1. The lowest BCUT2D eigenvalue weighted by Crippen LogP contribution is -2.35. The third-order valence-corrected chi connectivity index (χ3v) is 8.76. The van der Waals surface area contributed by atoms with E-state index in [1.54, 1.807) is 25.1 Å². The van der Waals surface area contributed by atoms with Gasteiger partial charge in [-0.05, 0) is 55.9 Å². The first-order chi connectivity index (χ1) is 19.6. The normalized spacial score (nSPS) is 18.1. The molecule has 0 saturated heterocycles. The van der Waals surface area contributed by atoms with Crippen molar-refractivity contribution in [3.63, 3.8) is 0 Å². The van der Waals surface area contributed by atoms with E-state index in [0.717, 1.165) is 29.7 Å². The molecule has 1 aliphatic carbocycles. The quantitative estimate of drug-likeness (QED) is 0.290. The molecule has 0 radical (unpaired) electrons. The minimum absolute atomic E-state index is 0.138. The molecule has 2 N–H and O–H groups in total. The van der Waals surface area contributed by atoms with Gasteiger partial charge in [-0.15, -0.1) is 11.3 Å². The van der Waals surface area contributed by atoms with E-state index in [9.17, 15) is 22.8 Å². The number of methoxy groups -OCH3 is 2. The first-order valence-electron chi connectivity index (χ1n) is 13.0. The highest BCUT2D eigenvalue weighted by atomic mass is 35.5. The van der Waals surface area contributed by atoms with Gasteiger partial charge in [0.15, 0.2) is 23.2 Å². The zero-order valence-electron chi connectivity index (χ0n) is 22.5. The number of alkyl halides is 3. The van der Waals surface area contributed by atoms with E-state index < -0.39 is 42.3 Å². The Labute approximate surface area is 242 Å². The van der Waals surface area contributed by atoms with Gasteiger partial charge >= 0.3 is 12.1 Å². The summed E-state index contributed by atoms with van der Waals surface area (Å²) in [7, 11) is 2.89. The van der Waals surface area contributed by atoms with Crippen molar-refractivity contribution in [3.8, 4) is 11.5 Å². The summed E-state index contributed by atoms with van der Waals surface area (Å²) in [5, 5.41) is 9.71. The van der Waals surface area contributed by atoms with Crippen LogP contribution in [0, 0.1) is 0 Å². The van der Waals surface area contributed by atoms with Crippen molar-refractivity contribution in [3.05, 3.63) is 50.5 Å². The SMILES string of the molecule is CCOC(=O)c1c(NC(=O)c2nn3c(c2Cl)N[C@H](c2ccc(OC)c(OC)c2)C[C@H]3C(F)(F)F)sc2c1CCCC2. The molecule has 0 bridgehead atoms. The smallest absolute Gasteiger partial charge is 0.410 e. The third kappa shape index (κ3) is 5.44. The Morgan fingerprint density at radius 2 is 1.93 bits per heavy atom. The first-order valence-corrected chi connectivity index (χ1v) is 14.2. The number of hydrogen-bond acceptors (Lipinski definition) is 8. The lowest BCUT2D eigenvalue weighted by Gasteiger charge is -2.33. The van der Waals surface area contributed by atoms with Crippen LogP contribution < -0.4 is 20.1 Å². The molecule has 0 saturated carbocycles. The summed E-state index contributed by atoms with van der Waals surface area (Å²) in [4.78, 5) is 27.2. The molecule has 1 amide bonds. The molecule has 3 heterocycles.